The second-order valence-electron chi connectivity index (χ2n) is 4.31. The lowest BCUT2D eigenvalue weighted by atomic mass is 9.97. The molecular weight excluding hydrogens is 188 g/mol. The Hall–Kier alpha value is -1.31. The summed E-state index contributed by atoms with van der Waals surface area (Å²) in [6.07, 6.45) is 0. The van der Waals surface area contributed by atoms with Crippen LogP contribution in [0.5, 0.6) is 0 Å². The lowest BCUT2D eigenvalue weighted by molar-refractivity contribution is -0.154. The standard InChI is InChI=1S/C12H16O2.CH4/c1-12(2,3)11(13)14-9-10-7-5-4-6-8-10;/h4-8H,9H2,1-3H3;1H4. The van der Waals surface area contributed by atoms with E-state index in [1.165, 1.54) is 0 Å². The van der Waals surface area contributed by atoms with Gasteiger partial charge in [0.05, 0.1) is 5.41 Å². The van der Waals surface area contributed by atoms with Crippen LogP contribution in [0.15, 0.2) is 30.3 Å². The summed E-state index contributed by atoms with van der Waals surface area (Å²) in [5.41, 5.74) is 0.597. The highest BCUT2D eigenvalue weighted by Gasteiger charge is 2.22. The average Bonchev–Trinajstić information content (AvgIpc) is 2.14. The molecule has 0 aliphatic carbocycles. The lowest BCUT2D eigenvalue weighted by Crippen LogP contribution is -2.22. The van der Waals surface area contributed by atoms with Crippen molar-refractivity contribution in [3.05, 3.63) is 35.9 Å². The maximum atomic E-state index is 11.4. The van der Waals surface area contributed by atoms with E-state index in [0.717, 1.165) is 5.56 Å². The van der Waals surface area contributed by atoms with E-state index < -0.39 is 5.41 Å². The van der Waals surface area contributed by atoms with Crippen LogP contribution in [0.4, 0.5) is 0 Å². The zero-order valence-corrected chi connectivity index (χ0v) is 8.91. The first kappa shape index (κ1) is 13.7. The van der Waals surface area contributed by atoms with Crippen molar-refractivity contribution in [1.29, 1.82) is 0 Å². The Morgan fingerprint density at radius 1 is 1.20 bits per heavy atom. The number of benzene rings is 1. The smallest absolute Gasteiger partial charge is 0.311 e. The van der Waals surface area contributed by atoms with Gasteiger partial charge in [0.25, 0.3) is 0 Å². The third-order valence-corrected chi connectivity index (χ3v) is 1.83. The van der Waals surface area contributed by atoms with Crippen molar-refractivity contribution in [2.45, 2.75) is 34.8 Å². The van der Waals surface area contributed by atoms with E-state index >= 15 is 0 Å². The summed E-state index contributed by atoms with van der Waals surface area (Å²) in [5.74, 6) is -0.165. The molecule has 0 saturated heterocycles. The molecule has 2 heteroatoms. The number of rotatable bonds is 2. The highest BCUT2D eigenvalue weighted by atomic mass is 16.5. The Morgan fingerprint density at radius 2 is 1.73 bits per heavy atom. The van der Waals surface area contributed by atoms with Gasteiger partial charge in [-0.3, -0.25) is 4.79 Å². The molecule has 0 radical (unpaired) electrons. The van der Waals surface area contributed by atoms with E-state index in [9.17, 15) is 4.79 Å². The Labute approximate surface area is 92.3 Å². The summed E-state index contributed by atoms with van der Waals surface area (Å²) < 4.78 is 5.15. The molecule has 0 fully saturated rings. The number of ether oxygens (including phenoxy) is 1. The van der Waals surface area contributed by atoms with E-state index in [2.05, 4.69) is 0 Å². The number of carbonyl (C=O) groups is 1. The predicted molar refractivity (Wildman–Crippen MR) is 62.4 cm³/mol. The van der Waals surface area contributed by atoms with Crippen molar-refractivity contribution in [1.82, 2.24) is 0 Å². The van der Waals surface area contributed by atoms with Gasteiger partial charge in [-0.1, -0.05) is 37.8 Å². The molecule has 0 spiro atoms. The number of carbonyl (C=O) groups excluding carboxylic acids is 1. The second-order valence-corrected chi connectivity index (χ2v) is 4.31. The van der Waals surface area contributed by atoms with Crippen LogP contribution in [0.25, 0.3) is 0 Å². The predicted octanol–water partition coefficient (Wildman–Crippen LogP) is 3.41. The minimum absolute atomic E-state index is 0. The molecular formula is C13H20O2. The zero-order valence-electron chi connectivity index (χ0n) is 8.91. The molecule has 0 atom stereocenters. The zero-order chi connectivity index (χ0) is 10.6. The summed E-state index contributed by atoms with van der Waals surface area (Å²) in [6, 6.07) is 9.68. The van der Waals surface area contributed by atoms with Gasteiger partial charge in [0.15, 0.2) is 0 Å². The van der Waals surface area contributed by atoms with Crippen molar-refractivity contribution in [3.63, 3.8) is 0 Å². The van der Waals surface area contributed by atoms with Gasteiger partial charge in [0.2, 0.25) is 0 Å². The molecule has 0 aliphatic rings. The molecule has 0 saturated carbocycles. The highest BCUT2D eigenvalue weighted by Crippen LogP contribution is 2.16. The summed E-state index contributed by atoms with van der Waals surface area (Å²) in [5, 5.41) is 0. The normalized spacial score (nSPS) is 10.3. The van der Waals surface area contributed by atoms with Crippen LogP contribution in [0.3, 0.4) is 0 Å². The van der Waals surface area contributed by atoms with E-state index in [0.29, 0.717) is 6.61 Å². The second kappa shape index (κ2) is 5.54. The molecule has 2 nitrogen and oxygen atoms in total. The Bertz CT molecular complexity index is 296. The molecule has 1 aromatic carbocycles. The number of hydrogen-bond donors (Lipinski definition) is 0. The fourth-order valence-electron chi connectivity index (χ4n) is 0.940. The summed E-state index contributed by atoms with van der Waals surface area (Å²) in [6.45, 7) is 5.90. The molecule has 0 bridgehead atoms. The van der Waals surface area contributed by atoms with Crippen LogP contribution in [0.1, 0.15) is 33.8 Å². The molecule has 0 aromatic heterocycles. The van der Waals surface area contributed by atoms with Gasteiger partial charge in [0.1, 0.15) is 6.61 Å². The van der Waals surface area contributed by atoms with E-state index in [1.807, 2.05) is 51.1 Å². The molecule has 15 heavy (non-hydrogen) atoms. The van der Waals surface area contributed by atoms with Crippen LogP contribution >= 0.6 is 0 Å². The van der Waals surface area contributed by atoms with Crippen molar-refractivity contribution >= 4 is 5.97 Å². The first-order chi connectivity index (χ1) is 6.50. The van der Waals surface area contributed by atoms with Crippen LogP contribution in [-0.4, -0.2) is 5.97 Å². The summed E-state index contributed by atoms with van der Waals surface area (Å²) >= 11 is 0. The monoisotopic (exact) mass is 208 g/mol. The molecule has 0 aliphatic heterocycles. The van der Waals surface area contributed by atoms with Crippen molar-refractivity contribution < 1.29 is 9.53 Å². The Kier molecular flexibility index (Phi) is 5.06. The minimum Gasteiger partial charge on any atom is -0.460 e. The molecule has 0 heterocycles. The Morgan fingerprint density at radius 3 is 2.20 bits per heavy atom. The van der Waals surface area contributed by atoms with Crippen LogP contribution < -0.4 is 0 Å². The Balaban J connectivity index is 0.00000196. The maximum Gasteiger partial charge on any atom is 0.311 e. The fourth-order valence-corrected chi connectivity index (χ4v) is 0.940. The first-order valence-corrected chi connectivity index (χ1v) is 4.71. The third-order valence-electron chi connectivity index (χ3n) is 1.83. The number of hydrogen-bond acceptors (Lipinski definition) is 2. The molecule has 1 rings (SSSR count). The van der Waals surface area contributed by atoms with Crippen LogP contribution in [0.2, 0.25) is 0 Å². The van der Waals surface area contributed by atoms with Gasteiger partial charge in [-0.15, -0.1) is 0 Å². The highest BCUT2D eigenvalue weighted by molar-refractivity contribution is 5.75. The molecule has 1 aromatic rings. The molecule has 0 unspecified atom stereocenters. The van der Waals surface area contributed by atoms with Crippen molar-refractivity contribution in [2.75, 3.05) is 0 Å². The van der Waals surface area contributed by atoms with Gasteiger partial charge in [-0.2, -0.15) is 0 Å². The van der Waals surface area contributed by atoms with E-state index in [4.69, 9.17) is 4.74 Å². The van der Waals surface area contributed by atoms with Gasteiger partial charge in [0, 0.05) is 0 Å². The van der Waals surface area contributed by atoms with Crippen molar-refractivity contribution in [3.8, 4) is 0 Å². The van der Waals surface area contributed by atoms with Gasteiger partial charge >= 0.3 is 5.97 Å². The molecule has 0 N–H and O–H groups in total. The van der Waals surface area contributed by atoms with E-state index in [-0.39, 0.29) is 13.4 Å². The van der Waals surface area contributed by atoms with Gasteiger partial charge in [-0.25, -0.2) is 0 Å². The lowest BCUT2D eigenvalue weighted by Gasteiger charge is -2.16. The van der Waals surface area contributed by atoms with Crippen LogP contribution in [0, 0.1) is 5.41 Å². The largest absolute Gasteiger partial charge is 0.460 e. The number of esters is 1. The van der Waals surface area contributed by atoms with Crippen molar-refractivity contribution in [2.24, 2.45) is 5.41 Å². The molecule has 84 valence electrons. The van der Waals surface area contributed by atoms with Gasteiger partial charge in [-0.05, 0) is 26.3 Å². The van der Waals surface area contributed by atoms with Gasteiger partial charge < -0.3 is 4.74 Å². The van der Waals surface area contributed by atoms with Crippen LogP contribution in [-0.2, 0) is 16.1 Å². The van der Waals surface area contributed by atoms with E-state index in [1.54, 1.807) is 0 Å². The fraction of sp³-hybridized carbons (Fsp3) is 0.462. The summed E-state index contributed by atoms with van der Waals surface area (Å²) in [7, 11) is 0. The minimum atomic E-state index is -0.422. The average molecular weight is 208 g/mol. The molecule has 0 amide bonds. The topological polar surface area (TPSA) is 26.3 Å². The first-order valence-electron chi connectivity index (χ1n) is 4.71. The SMILES string of the molecule is C.CC(C)(C)C(=O)OCc1ccccc1. The third kappa shape index (κ3) is 4.63. The maximum absolute atomic E-state index is 11.4. The summed E-state index contributed by atoms with van der Waals surface area (Å²) in [4.78, 5) is 11.4. The quantitative estimate of drug-likeness (QED) is 0.696.